The minimum atomic E-state index is -2.07. The Morgan fingerprint density at radius 3 is 2.92 bits per heavy atom. The number of benzene rings is 1. The summed E-state index contributed by atoms with van der Waals surface area (Å²) in [4.78, 5) is 29.7. The van der Waals surface area contributed by atoms with Gasteiger partial charge in [-0.05, 0) is 18.2 Å². The van der Waals surface area contributed by atoms with E-state index in [0.717, 1.165) is 5.56 Å². The molecule has 0 atom stereocenters. The lowest BCUT2D eigenvalue weighted by Crippen LogP contribution is -2.38. The fourth-order valence-corrected chi connectivity index (χ4v) is 3.18. The van der Waals surface area contributed by atoms with Crippen molar-refractivity contribution in [3.63, 3.8) is 0 Å². The molecule has 0 fully saturated rings. The zero-order valence-electron chi connectivity index (χ0n) is 13.2. The number of nitrogens with one attached hydrogen (secondary N) is 1. The summed E-state index contributed by atoms with van der Waals surface area (Å²) in [7, 11) is 0. The number of aromatic nitrogens is 1. The van der Waals surface area contributed by atoms with E-state index in [9.17, 15) is 9.59 Å². The number of amides is 2. The van der Waals surface area contributed by atoms with Crippen LogP contribution in [0.25, 0.3) is 11.3 Å². The summed E-state index contributed by atoms with van der Waals surface area (Å²) in [5.41, 5.74) is 1.99. The Balaban J connectivity index is 1.88. The second kappa shape index (κ2) is 7.44. The molecule has 0 saturated heterocycles. The second-order valence-corrected chi connectivity index (χ2v) is 8.39. The molecule has 1 aromatic carbocycles. The fraction of sp³-hybridized carbons (Fsp3) is 0.188. The molecule has 0 unspecified atom stereocenters. The van der Waals surface area contributed by atoms with Crippen LogP contribution in [0.15, 0.2) is 36.2 Å². The van der Waals surface area contributed by atoms with Gasteiger partial charge in [0.1, 0.15) is 5.75 Å². The normalized spacial score (nSPS) is 13.8. The van der Waals surface area contributed by atoms with Gasteiger partial charge in [0.2, 0.25) is 0 Å². The Morgan fingerprint density at radius 2 is 2.23 bits per heavy atom. The highest BCUT2D eigenvalue weighted by atomic mass is 35.6. The Hall–Kier alpha value is -1.80. The minimum Gasteiger partial charge on any atom is -0.482 e. The molecule has 136 valence electrons. The molecule has 1 aliphatic rings. The number of nitrogens with zero attached hydrogens (tertiary/aromatic N) is 2. The second-order valence-electron chi connectivity index (χ2n) is 5.25. The molecule has 1 N–H and O–H groups in total. The first-order valence-electron chi connectivity index (χ1n) is 7.32. The number of hydrogen-bond donors (Lipinski definition) is 1. The maximum Gasteiger partial charge on any atom is 0.278 e. The first-order chi connectivity index (χ1) is 12.3. The van der Waals surface area contributed by atoms with Crippen LogP contribution < -0.4 is 15.0 Å². The van der Waals surface area contributed by atoms with Gasteiger partial charge in [-0.2, -0.15) is 0 Å². The van der Waals surface area contributed by atoms with Crippen molar-refractivity contribution in [1.29, 1.82) is 0 Å². The molecule has 26 heavy (non-hydrogen) atoms. The molecule has 0 aliphatic carbocycles. The highest BCUT2D eigenvalue weighted by molar-refractivity contribution is 7.14. The van der Waals surface area contributed by atoms with Crippen LogP contribution in [0.2, 0.25) is 0 Å². The van der Waals surface area contributed by atoms with Crippen molar-refractivity contribution in [3.05, 3.63) is 36.2 Å². The zero-order chi connectivity index (χ0) is 18.9. The summed E-state index contributed by atoms with van der Waals surface area (Å²) in [6, 6.07) is 5.38. The van der Waals surface area contributed by atoms with E-state index in [0.29, 0.717) is 28.8 Å². The third-order valence-corrected chi connectivity index (χ3v) is 4.76. The molecule has 1 aromatic heterocycles. The van der Waals surface area contributed by atoms with Gasteiger partial charge in [-0.15, -0.1) is 17.9 Å². The van der Waals surface area contributed by atoms with Crippen LogP contribution in [0, 0.1) is 0 Å². The molecule has 6 nitrogen and oxygen atoms in total. The number of thiazole rings is 1. The summed E-state index contributed by atoms with van der Waals surface area (Å²) in [6.45, 7) is 4.04. The van der Waals surface area contributed by atoms with Crippen molar-refractivity contribution >= 4 is 68.8 Å². The number of halogens is 3. The minimum absolute atomic E-state index is 0.00983. The van der Waals surface area contributed by atoms with E-state index in [4.69, 9.17) is 39.5 Å². The molecule has 1 aliphatic heterocycles. The fourth-order valence-electron chi connectivity index (χ4n) is 2.32. The average molecular weight is 433 g/mol. The van der Waals surface area contributed by atoms with Crippen molar-refractivity contribution < 1.29 is 14.3 Å². The molecular weight excluding hydrogens is 421 g/mol. The number of hydrogen-bond acceptors (Lipinski definition) is 5. The largest absolute Gasteiger partial charge is 0.482 e. The van der Waals surface area contributed by atoms with Crippen LogP contribution in [-0.2, 0) is 9.59 Å². The van der Waals surface area contributed by atoms with Gasteiger partial charge in [0.25, 0.3) is 15.6 Å². The van der Waals surface area contributed by atoms with E-state index in [-0.39, 0.29) is 12.5 Å². The van der Waals surface area contributed by atoms with Crippen LogP contribution in [0.3, 0.4) is 0 Å². The lowest BCUT2D eigenvalue weighted by Gasteiger charge is -2.28. The number of fused-ring (bicyclic) bond motifs is 1. The molecule has 3 rings (SSSR count). The van der Waals surface area contributed by atoms with Crippen molar-refractivity contribution in [3.8, 4) is 17.0 Å². The van der Waals surface area contributed by atoms with E-state index >= 15 is 0 Å². The van der Waals surface area contributed by atoms with Gasteiger partial charge in [-0.25, -0.2) is 4.98 Å². The Bertz CT molecular complexity index is 879. The SMILES string of the molecule is C=CCN1C(=O)COc2ccc(-c3csc(NC(=O)C(Cl)(Cl)Cl)n3)cc21. The Labute approximate surface area is 168 Å². The van der Waals surface area contributed by atoms with E-state index in [1.54, 1.807) is 28.5 Å². The first kappa shape index (κ1) is 19.0. The van der Waals surface area contributed by atoms with Gasteiger partial charge in [0, 0.05) is 17.5 Å². The molecule has 0 radical (unpaired) electrons. The smallest absolute Gasteiger partial charge is 0.278 e. The highest BCUT2D eigenvalue weighted by Crippen LogP contribution is 2.37. The molecule has 2 heterocycles. The van der Waals surface area contributed by atoms with Crippen LogP contribution in [0.1, 0.15) is 0 Å². The number of alkyl halides is 3. The van der Waals surface area contributed by atoms with Gasteiger partial charge in [-0.3, -0.25) is 14.9 Å². The van der Waals surface area contributed by atoms with Crippen molar-refractivity contribution in [1.82, 2.24) is 4.98 Å². The number of carbonyl (C=O) groups excluding carboxylic acids is 2. The Morgan fingerprint density at radius 1 is 1.46 bits per heavy atom. The highest BCUT2D eigenvalue weighted by Gasteiger charge is 2.31. The molecule has 0 bridgehead atoms. The lowest BCUT2D eigenvalue weighted by atomic mass is 10.1. The van der Waals surface area contributed by atoms with Crippen LogP contribution in [-0.4, -0.2) is 33.7 Å². The molecular formula is C16H12Cl3N3O3S. The maximum atomic E-state index is 12.1. The number of anilines is 2. The van der Waals surface area contributed by atoms with E-state index in [2.05, 4.69) is 16.9 Å². The monoisotopic (exact) mass is 431 g/mol. The number of ether oxygens (including phenoxy) is 1. The van der Waals surface area contributed by atoms with Gasteiger partial charge in [0.05, 0.1) is 11.4 Å². The summed E-state index contributed by atoms with van der Waals surface area (Å²) in [5, 5.41) is 4.49. The third kappa shape index (κ3) is 3.96. The number of rotatable bonds is 4. The molecule has 2 aromatic rings. The van der Waals surface area contributed by atoms with Crippen LogP contribution in [0.4, 0.5) is 10.8 Å². The first-order valence-corrected chi connectivity index (χ1v) is 9.33. The van der Waals surface area contributed by atoms with Gasteiger partial charge < -0.3 is 9.64 Å². The molecule has 2 amide bonds. The maximum absolute atomic E-state index is 12.1. The van der Waals surface area contributed by atoms with Gasteiger partial charge in [-0.1, -0.05) is 40.9 Å². The third-order valence-electron chi connectivity index (χ3n) is 3.49. The van der Waals surface area contributed by atoms with E-state index in [1.165, 1.54) is 11.3 Å². The molecule has 0 saturated carbocycles. The summed E-state index contributed by atoms with van der Waals surface area (Å²) < 4.78 is 3.39. The van der Waals surface area contributed by atoms with Crippen molar-refractivity contribution in [2.24, 2.45) is 0 Å². The average Bonchev–Trinajstić information content (AvgIpc) is 3.05. The van der Waals surface area contributed by atoms with Gasteiger partial charge in [0.15, 0.2) is 11.7 Å². The predicted molar refractivity (Wildman–Crippen MR) is 105 cm³/mol. The van der Waals surface area contributed by atoms with E-state index < -0.39 is 9.70 Å². The van der Waals surface area contributed by atoms with Gasteiger partial charge >= 0.3 is 0 Å². The molecule has 10 heteroatoms. The quantitative estimate of drug-likeness (QED) is 0.585. The predicted octanol–water partition coefficient (Wildman–Crippen LogP) is 4.03. The van der Waals surface area contributed by atoms with E-state index in [1.807, 2.05) is 6.07 Å². The standard InChI is InChI=1S/C16H12Cl3N3O3S/c1-2-5-22-11-6-9(3-4-12(11)25-7-13(22)23)10-8-26-15(20-10)21-14(24)16(17,18)19/h2-4,6,8H,1,5,7H2,(H,20,21,24). The van der Waals surface area contributed by atoms with Crippen LogP contribution in [0.5, 0.6) is 5.75 Å². The summed E-state index contributed by atoms with van der Waals surface area (Å²) in [6.07, 6.45) is 1.65. The Kier molecular flexibility index (Phi) is 5.43. The molecule has 0 spiro atoms. The summed E-state index contributed by atoms with van der Waals surface area (Å²) >= 11 is 17.8. The lowest BCUT2D eigenvalue weighted by molar-refractivity contribution is -0.121. The van der Waals surface area contributed by atoms with Crippen LogP contribution >= 0.6 is 46.1 Å². The van der Waals surface area contributed by atoms with Crippen molar-refractivity contribution in [2.75, 3.05) is 23.4 Å². The summed E-state index contributed by atoms with van der Waals surface area (Å²) in [5.74, 6) is -0.330. The zero-order valence-corrected chi connectivity index (χ0v) is 16.3. The topological polar surface area (TPSA) is 71.5 Å². The van der Waals surface area contributed by atoms with Crippen molar-refractivity contribution in [2.45, 2.75) is 3.79 Å². The number of carbonyl (C=O) groups is 2.